The van der Waals surface area contributed by atoms with Crippen LogP contribution in [0.5, 0.6) is 0 Å². The van der Waals surface area contributed by atoms with Crippen LogP contribution in [0.2, 0.25) is 0 Å². The summed E-state index contributed by atoms with van der Waals surface area (Å²) in [6, 6.07) is 6.07. The van der Waals surface area contributed by atoms with Crippen molar-refractivity contribution in [3.63, 3.8) is 0 Å². The third-order valence-electron chi connectivity index (χ3n) is 1.89. The Kier molecular flexibility index (Phi) is 3.19. The van der Waals surface area contributed by atoms with E-state index in [0.717, 1.165) is 0 Å². The molecule has 0 aliphatic heterocycles. The Hall–Kier alpha value is -2.15. The van der Waals surface area contributed by atoms with Gasteiger partial charge in [0.1, 0.15) is 17.5 Å². The first-order chi connectivity index (χ1) is 7.04. The average molecular weight is 204 g/mol. The van der Waals surface area contributed by atoms with Gasteiger partial charge in [0.15, 0.2) is 0 Å². The monoisotopic (exact) mass is 204 g/mol. The molecule has 0 aliphatic rings. The predicted molar refractivity (Wildman–Crippen MR) is 53.9 cm³/mol. The van der Waals surface area contributed by atoms with E-state index in [1.165, 1.54) is 12.1 Å². The van der Waals surface area contributed by atoms with Crippen LogP contribution in [-0.2, 0) is 4.79 Å². The molecule has 4 heteroatoms. The number of amides is 1. The van der Waals surface area contributed by atoms with E-state index < -0.39 is 5.91 Å². The quantitative estimate of drug-likeness (QED) is 0.586. The largest absolute Gasteiger partial charge is 0.365 e. The van der Waals surface area contributed by atoms with Gasteiger partial charge in [-0.3, -0.25) is 4.79 Å². The third-order valence-corrected chi connectivity index (χ3v) is 1.89. The lowest BCUT2D eigenvalue weighted by atomic mass is 10.1. The number of nitrogens with two attached hydrogens (primary N) is 1. The summed E-state index contributed by atoms with van der Waals surface area (Å²) in [6.07, 6.45) is 1.25. The number of nitriles is 1. The Morgan fingerprint density at radius 3 is 2.73 bits per heavy atom. The highest BCUT2D eigenvalue weighted by atomic mass is 19.1. The minimum atomic E-state index is -0.821. The molecule has 0 saturated carbocycles. The summed E-state index contributed by atoms with van der Waals surface area (Å²) in [4.78, 5) is 10.7. The van der Waals surface area contributed by atoms with Crippen LogP contribution in [0.1, 0.15) is 11.1 Å². The lowest BCUT2D eigenvalue weighted by Gasteiger charge is -1.98. The van der Waals surface area contributed by atoms with E-state index in [9.17, 15) is 9.18 Å². The van der Waals surface area contributed by atoms with Gasteiger partial charge in [-0.2, -0.15) is 5.26 Å². The Balaban J connectivity index is 3.14. The van der Waals surface area contributed by atoms with E-state index >= 15 is 0 Å². The van der Waals surface area contributed by atoms with Gasteiger partial charge < -0.3 is 5.73 Å². The van der Waals surface area contributed by atoms with Gasteiger partial charge in [0, 0.05) is 0 Å². The SMILES string of the molecule is Cc1ccc(/C=C(/C#N)C(N)=O)cc1F. The average Bonchev–Trinajstić information content (AvgIpc) is 2.19. The van der Waals surface area contributed by atoms with E-state index in [1.54, 1.807) is 25.1 Å². The first-order valence-electron chi connectivity index (χ1n) is 4.22. The molecule has 76 valence electrons. The smallest absolute Gasteiger partial charge is 0.259 e. The number of primary amides is 1. The third kappa shape index (κ3) is 2.64. The van der Waals surface area contributed by atoms with Crippen LogP contribution in [-0.4, -0.2) is 5.91 Å². The topological polar surface area (TPSA) is 66.9 Å². The Morgan fingerprint density at radius 1 is 1.60 bits per heavy atom. The molecule has 0 fully saturated rings. The van der Waals surface area contributed by atoms with Crippen LogP contribution in [0, 0.1) is 24.1 Å². The summed E-state index contributed by atoms with van der Waals surface area (Å²) in [5.74, 6) is -1.20. The lowest BCUT2D eigenvalue weighted by molar-refractivity contribution is -0.114. The maximum absolute atomic E-state index is 13.1. The van der Waals surface area contributed by atoms with Crippen LogP contribution in [0.3, 0.4) is 0 Å². The number of hydrogen-bond acceptors (Lipinski definition) is 2. The molecule has 1 rings (SSSR count). The molecule has 0 spiro atoms. The van der Waals surface area contributed by atoms with E-state index in [-0.39, 0.29) is 11.4 Å². The number of carbonyl (C=O) groups excluding carboxylic acids is 1. The molecular formula is C11H9FN2O. The van der Waals surface area contributed by atoms with Crippen molar-refractivity contribution in [1.29, 1.82) is 5.26 Å². The molecule has 1 amide bonds. The van der Waals surface area contributed by atoms with Crippen LogP contribution < -0.4 is 5.73 Å². The van der Waals surface area contributed by atoms with E-state index in [0.29, 0.717) is 11.1 Å². The highest BCUT2D eigenvalue weighted by molar-refractivity contribution is 6.00. The van der Waals surface area contributed by atoms with Crippen LogP contribution >= 0.6 is 0 Å². The molecule has 0 bridgehead atoms. The van der Waals surface area contributed by atoms with E-state index in [4.69, 9.17) is 11.0 Å². The minimum Gasteiger partial charge on any atom is -0.365 e. The van der Waals surface area contributed by atoms with Gasteiger partial charge in [-0.25, -0.2) is 4.39 Å². The van der Waals surface area contributed by atoms with Gasteiger partial charge in [-0.15, -0.1) is 0 Å². The van der Waals surface area contributed by atoms with E-state index in [1.807, 2.05) is 0 Å². The van der Waals surface area contributed by atoms with Gasteiger partial charge in [0.25, 0.3) is 5.91 Å². The predicted octanol–water partition coefficient (Wildman–Crippen LogP) is 1.53. The fourth-order valence-corrected chi connectivity index (χ4v) is 1.02. The summed E-state index contributed by atoms with van der Waals surface area (Å²) in [5.41, 5.74) is 5.69. The van der Waals surface area contributed by atoms with Crippen molar-refractivity contribution in [1.82, 2.24) is 0 Å². The Bertz CT molecular complexity index is 472. The van der Waals surface area contributed by atoms with Gasteiger partial charge in [-0.05, 0) is 30.2 Å². The molecule has 0 heterocycles. The first kappa shape index (κ1) is 10.9. The highest BCUT2D eigenvalue weighted by Crippen LogP contribution is 2.12. The zero-order chi connectivity index (χ0) is 11.4. The number of halogens is 1. The molecule has 15 heavy (non-hydrogen) atoms. The van der Waals surface area contributed by atoms with Crippen molar-refractivity contribution in [3.8, 4) is 6.07 Å². The van der Waals surface area contributed by atoms with Gasteiger partial charge in [0.2, 0.25) is 0 Å². The van der Waals surface area contributed by atoms with Crippen molar-refractivity contribution in [3.05, 3.63) is 40.7 Å². The van der Waals surface area contributed by atoms with Crippen molar-refractivity contribution >= 4 is 12.0 Å². The number of aryl methyl sites for hydroxylation is 1. The second kappa shape index (κ2) is 4.38. The zero-order valence-corrected chi connectivity index (χ0v) is 8.12. The summed E-state index contributed by atoms with van der Waals surface area (Å²) in [5, 5.41) is 8.57. The highest BCUT2D eigenvalue weighted by Gasteiger charge is 2.04. The molecule has 0 aliphatic carbocycles. The summed E-state index contributed by atoms with van der Waals surface area (Å²) in [7, 11) is 0. The normalized spacial score (nSPS) is 10.9. The number of nitrogens with zero attached hydrogens (tertiary/aromatic N) is 1. The lowest BCUT2D eigenvalue weighted by Crippen LogP contribution is -2.12. The van der Waals surface area contributed by atoms with Crippen LogP contribution in [0.15, 0.2) is 23.8 Å². The molecular weight excluding hydrogens is 195 g/mol. The molecule has 3 nitrogen and oxygen atoms in total. The van der Waals surface area contributed by atoms with Gasteiger partial charge in [-0.1, -0.05) is 12.1 Å². The molecule has 0 aromatic heterocycles. The van der Waals surface area contributed by atoms with Crippen molar-refractivity contribution in [2.75, 3.05) is 0 Å². The maximum atomic E-state index is 13.1. The zero-order valence-electron chi connectivity index (χ0n) is 8.12. The number of rotatable bonds is 2. The van der Waals surface area contributed by atoms with Crippen molar-refractivity contribution in [2.45, 2.75) is 6.92 Å². The Labute approximate surface area is 86.6 Å². The summed E-state index contributed by atoms with van der Waals surface area (Å²) < 4.78 is 13.1. The molecule has 1 aromatic rings. The Morgan fingerprint density at radius 2 is 2.27 bits per heavy atom. The summed E-state index contributed by atoms with van der Waals surface area (Å²) in [6.45, 7) is 1.63. The van der Waals surface area contributed by atoms with Crippen molar-refractivity contribution < 1.29 is 9.18 Å². The van der Waals surface area contributed by atoms with Crippen LogP contribution in [0.4, 0.5) is 4.39 Å². The minimum absolute atomic E-state index is 0.196. The first-order valence-corrected chi connectivity index (χ1v) is 4.22. The standard InChI is InChI=1S/C11H9FN2O/c1-7-2-3-8(5-10(7)12)4-9(6-13)11(14)15/h2-5H,1H3,(H2,14,15)/b9-4-. The van der Waals surface area contributed by atoms with Crippen LogP contribution in [0.25, 0.3) is 6.08 Å². The molecule has 0 atom stereocenters. The number of benzene rings is 1. The molecule has 0 unspecified atom stereocenters. The number of hydrogen-bond donors (Lipinski definition) is 1. The fourth-order valence-electron chi connectivity index (χ4n) is 1.02. The van der Waals surface area contributed by atoms with Gasteiger partial charge in [0.05, 0.1) is 0 Å². The second-order valence-electron chi connectivity index (χ2n) is 3.04. The molecule has 0 radical (unpaired) electrons. The maximum Gasteiger partial charge on any atom is 0.259 e. The molecule has 0 saturated heterocycles. The molecule has 1 aromatic carbocycles. The summed E-state index contributed by atoms with van der Waals surface area (Å²) >= 11 is 0. The van der Waals surface area contributed by atoms with Crippen molar-refractivity contribution in [2.24, 2.45) is 5.73 Å². The van der Waals surface area contributed by atoms with E-state index in [2.05, 4.69) is 0 Å². The molecule has 2 N–H and O–H groups in total. The van der Waals surface area contributed by atoms with Gasteiger partial charge >= 0.3 is 0 Å². The fraction of sp³-hybridized carbons (Fsp3) is 0.0909. The second-order valence-corrected chi connectivity index (χ2v) is 3.04. The number of carbonyl (C=O) groups is 1.